The molecule has 0 aliphatic heterocycles. The molecule has 0 spiro atoms. The van der Waals surface area contributed by atoms with Crippen LogP contribution in [0.15, 0.2) is 48.5 Å². The Morgan fingerprint density at radius 2 is 1.73 bits per heavy atom. The van der Waals surface area contributed by atoms with Crippen molar-refractivity contribution in [2.45, 2.75) is 13.3 Å². The number of hydrogen-bond acceptors (Lipinski definition) is 2. The molecule has 0 aliphatic carbocycles. The molecule has 2 aromatic carbocycles. The molecule has 2 aromatic rings. The predicted octanol–water partition coefficient (Wildman–Crippen LogP) is 3.41. The first-order valence-corrected chi connectivity index (χ1v) is 7.34. The van der Waals surface area contributed by atoms with Crippen LogP contribution in [0.5, 0.6) is 0 Å². The number of carbonyl (C=O) groups is 2. The van der Waals surface area contributed by atoms with Gasteiger partial charge in [-0.1, -0.05) is 41.9 Å². The number of nitrogens with one attached hydrogen (secondary N) is 2. The van der Waals surface area contributed by atoms with Crippen molar-refractivity contribution >= 4 is 29.1 Å². The van der Waals surface area contributed by atoms with E-state index in [0.29, 0.717) is 10.6 Å². The fourth-order valence-corrected chi connectivity index (χ4v) is 2.18. The van der Waals surface area contributed by atoms with Crippen LogP contribution in [-0.2, 0) is 4.79 Å². The monoisotopic (exact) mass is 316 g/mol. The van der Waals surface area contributed by atoms with Crippen LogP contribution < -0.4 is 10.6 Å². The quantitative estimate of drug-likeness (QED) is 0.888. The fraction of sp³-hybridized carbons (Fsp3) is 0.176. The van der Waals surface area contributed by atoms with Crippen molar-refractivity contribution in [2.75, 3.05) is 11.9 Å². The second-order valence-corrected chi connectivity index (χ2v) is 5.26. The summed E-state index contributed by atoms with van der Waals surface area (Å²) in [7, 11) is 0. The Hall–Kier alpha value is -2.33. The second-order valence-electron chi connectivity index (χ2n) is 4.85. The maximum Gasteiger partial charge on any atom is 0.252 e. The zero-order valence-corrected chi connectivity index (χ0v) is 13.0. The van der Waals surface area contributed by atoms with Gasteiger partial charge in [0.2, 0.25) is 5.91 Å². The Kier molecular flexibility index (Phi) is 5.55. The number of aryl methyl sites for hydroxylation is 1. The minimum atomic E-state index is -0.283. The van der Waals surface area contributed by atoms with Gasteiger partial charge in [0.25, 0.3) is 5.91 Å². The molecule has 0 unspecified atom stereocenters. The van der Waals surface area contributed by atoms with Gasteiger partial charge in [0.1, 0.15) is 0 Å². The van der Waals surface area contributed by atoms with E-state index in [-0.39, 0.29) is 24.8 Å². The van der Waals surface area contributed by atoms with Gasteiger partial charge in [-0.2, -0.15) is 0 Å². The summed E-state index contributed by atoms with van der Waals surface area (Å²) >= 11 is 5.95. The van der Waals surface area contributed by atoms with E-state index in [9.17, 15) is 9.59 Å². The van der Waals surface area contributed by atoms with Gasteiger partial charge < -0.3 is 10.6 Å². The third-order valence-electron chi connectivity index (χ3n) is 3.18. The van der Waals surface area contributed by atoms with Crippen LogP contribution in [0.1, 0.15) is 22.3 Å². The molecule has 2 amide bonds. The van der Waals surface area contributed by atoms with E-state index >= 15 is 0 Å². The number of amides is 2. The first-order chi connectivity index (χ1) is 10.6. The van der Waals surface area contributed by atoms with E-state index in [1.807, 2.05) is 31.2 Å². The minimum Gasteiger partial charge on any atom is -0.351 e. The van der Waals surface area contributed by atoms with Crippen molar-refractivity contribution in [3.63, 3.8) is 0 Å². The van der Waals surface area contributed by atoms with E-state index < -0.39 is 0 Å². The Labute approximate surface area is 134 Å². The SMILES string of the molecule is Cc1ccccc1NC(=O)CCNC(=O)c1ccccc1Cl. The molecule has 0 aromatic heterocycles. The molecule has 0 heterocycles. The number of anilines is 1. The van der Waals surface area contributed by atoms with Crippen molar-refractivity contribution in [1.82, 2.24) is 5.32 Å². The molecule has 4 nitrogen and oxygen atoms in total. The maximum atomic E-state index is 11.9. The van der Waals surface area contributed by atoms with Gasteiger partial charge in [0, 0.05) is 18.7 Å². The Bertz CT molecular complexity index is 686. The predicted molar refractivity (Wildman–Crippen MR) is 88.2 cm³/mol. The van der Waals surface area contributed by atoms with Crippen molar-refractivity contribution in [1.29, 1.82) is 0 Å². The smallest absolute Gasteiger partial charge is 0.252 e. The van der Waals surface area contributed by atoms with Crippen LogP contribution in [0.2, 0.25) is 5.02 Å². The molecule has 2 rings (SSSR count). The lowest BCUT2D eigenvalue weighted by Gasteiger charge is -2.09. The second kappa shape index (κ2) is 7.61. The summed E-state index contributed by atoms with van der Waals surface area (Å²) in [6.45, 7) is 2.18. The zero-order valence-electron chi connectivity index (χ0n) is 12.2. The van der Waals surface area contributed by atoms with Gasteiger partial charge in [0.05, 0.1) is 10.6 Å². The molecule has 0 saturated carbocycles. The van der Waals surface area contributed by atoms with E-state index in [1.165, 1.54) is 0 Å². The minimum absolute atomic E-state index is 0.145. The first kappa shape index (κ1) is 16.0. The highest BCUT2D eigenvalue weighted by Crippen LogP contribution is 2.15. The lowest BCUT2D eigenvalue weighted by Crippen LogP contribution is -2.27. The van der Waals surface area contributed by atoms with E-state index in [4.69, 9.17) is 11.6 Å². The van der Waals surface area contributed by atoms with Crippen LogP contribution in [0, 0.1) is 6.92 Å². The first-order valence-electron chi connectivity index (χ1n) is 6.96. The van der Waals surface area contributed by atoms with E-state index in [1.54, 1.807) is 24.3 Å². The molecular formula is C17H17ClN2O2. The Balaban J connectivity index is 1.81. The normalized spacial score (nSPS) is 10.1. The van der Waals surface area contributed by atoms with Crippen LogP contribution in [0.3, 0.4) is 0 Å². The molecule has 114 valence electrons. The van der Waals surface area contributed by atoms with E-state index in [0.717, 1.165) is 11.3 Å². The highest BCUT2D eigenvalue weighted by Gasteiger charge is 2.10. The summed E-state index contributed by atoms with van der Waals surface area (Å²) in [5.41, 5.74) is 2.18. The third kappa shape index (κ3) is 4.33. The number of para-hydroxylation sites is 1. The zero-order chi connectivity index (χ0) is 15.9. The van der Waals surface area contributed by atoms with Crippen LogP contribution in [0.4, 0.5) is 5.69 Å². The van der Waals surface area contributed by atoms with E-state index in [2.05, 4.69) is 10.6 Å². The summed E-state index contributed by atoms with van der Waals surface area (Å²) in [5, 5.41) is 5.90. The van der Waals surface area contributed by atoms with Crippen molar-refractivity contribution in [3.8, 4) is 0 Å². The average Bonchev–Trinajstić information content (AvgIpc) is 2.50. The highest BCUT2D eigenvalue weighted by atomic mass is 35.5. The largest absolute Gasteiger partial charge is 0.351 e. The standard InChI is InChI=1S/C17H17ClN2O2/c1-12-6-2-5-9-15(12)20-16(21)10-11-19-17(22)13-7-3-4-8-14(13)18/h2-9H,10-11H2,1H3,(H,19,22)(H,20,21). The maximum absolute atomic E-state index is 11.9. The molecule has 0 saturated heterocycles. The summed E-state index contributed by atoms with van der Waals surface area (Å²) in [4.78, 5) is 23.8. The lowest BCUT2D eigenvalue weighted by atomic mass is 10.2. The van der Waals surface area contributed by atoms with Gasteiger partial charge in [-0.15, -0.1) is 0 Å². The molecule has 0 radical (unpaired) electrons. The Morgan fingerprint density at radius 3 is 2.45 bits per heavy atom. The van der Waals surface area contributed by atoms with Crippen molar-refractivity contribution in [2.24, 2.45) is 0 Å². The number of rotatable bonds is 5. The molecule has 5 heteroatoms. The van der Waals surface area contributed by atoms with Crippen molar-refractivity contribution in [3.05, 3.63) is 64.7 Å². The number of benzene rings is 2. The Morgan fingerprint density at radius 1 is 1.05 bits per heavy atom. The van der Waals surface area contributed by atoms with Crippen LogP contribution >= 0.6 is 11.6 Å². The molecular weight excluding hydrogens is 300 g/mol. The molecule has 0 fully saturated rings. The molecule has 0 bridgehead atoms. The van der Waals surface area contributed by atoms with Gasteiger partial charge >= 0.3 is 0 Å². The summed E-state index contributed by atoms with van der Waals surface area (Å²) < 4.78 is 0. The topological polar surface area (TPSA) is 58.2 Å². The number of halogens is 1. The molecule has 0 atom stereocenters. The van der Waals surface area contributed by atoms with Crippen LogP contribution in [0.25, 0.3) is 0 Å². The van der Waals surface area contributed by atoms with Gasteiger partial charge in [0.15, 0.2) is 0 Å². The fourth-order valence-electron chi connectivity index (χ4n) is 1.96. The molecule has 2 N–H and O–H groups in total. The highest BCUT2D eigenvalue weighted by molar-refractivity contribution is 6.33. The van der Waals surface area contributed by atoms with Gasteiger partial charge in [-0.25, -0.2) is 0 Å². The molecule has 0 aliphatic rings. The summed E-state index contributed by atoms with van der Waals surface area (Å²) in [5.74, 6) is -0.428. The third-order valence-corrected chi connectivity index (χ3v) is 3.50. The summed E-state index contributed by atoms with van der Waals surface area (Å²) in [6.07, 6.45) is 0.199. The van der Waals surface area contributed by atoms with Crippen LogP contribution in [-0.4, -0.2) is 18.4 Å². The number of carbonyl (C=O) groups excluding carboxylic acids is 2. The average molecular weight is 317 g/mol. The lowest BCUT2D eigenvalue weighted by molar-refractivity contribution is -0.116. The van der Waals surface area contributed by atoms with Crippen molar-refractivity contribution < 1.29 is 9.59 Å². The molecule has 22 heavy (non-hydrogen) atoms. The number of hydrogen-bond donors (Lipinski definition) is 2. The van der Waals surface area contributed by atoms with Gasteiger partial charge in [-0.05, 0) is 30.7 Å². The van der Waals surface area contributed by atoms with Gasteiger partial charge in [-0.3, -0.25) is 9.59 Å². The summed E-state index contributed by atoms with van der Waals surface area (Å²) in [6, 6.07) is 14.3.